The van der Waals surface area contributed by atoms with Crippen LogP contribution in [0.15, 0.2) is 23.3 Å². The van der Waals surface area contributed by atoms with Crippen LogP contribution < -0.4 is 0 Å². The fourth-order valence-corrected chi connectivity index (χ4v) is 5.71. The molecular weight excluding hydrogens is 476 g/mol. The van der Waals surface area contributed by atoms with E-state index in [9.17, 15) is 29.4 Å². The second-order valence-corrected chi connectivity index (χ2v) is 10.1. The van der Waals surface area contributed by atoms with Gasteiger partial charge in [-0.1, -0.05) is 6.58 Å². The van der Waals surface area contributed by atoms with Crippen molar-refractivity contribution >= 4 is 23.9 Å². The number of aliphatic hydroxyl groups is 2. The SMILES string of the molecule is C=C(C)C(=O)O[C@H]1C[C@@](C)(OC(C)=O)[C@@]2(O)CC[C@@](C)(O)[C@H](OC(C)=O)[C@]23OC(=O)C(COCC)=C13. The van der Waals surface area contributed by atoms with E-state index in [-0.39, 0.29) is 49.2 Å². The maximum absolute atomic E-state index is 13.3. The maximum atomic E-state index is 13.3. The largest absolute Gasteiger partial charge is 0.456 e. The van der Waals surface area contributed by atoms with Gasteiger partial charge in [-0.05, 0) is 40.5 Å². The molecule has 2 N–H and O–H groups in total. The molecule has 0 unspecified atom stereocenters. The smallest absolute Gasteiger partial charge is 0.337 e. The Morgan fingerprint density at radius 1 is 1.08 bits per heavy atom. The Kier molecular flexibility index (Phi) is 7.17. The number of hydrogen-bond donors (Lipinski definition) is 2. The van der Waals surface area contributed by atoms with Gasteiger partial charge in [-0.3, -0.25) is 9.59 Å². The Bertz CT molecular complexity index is 1030. The highest BCUT2D eigenvalue weighted by Gasteiger charge is 2.81. The predicted molar refractivity (Wildman–Crippen MR) is 122 cm³/mol. The number of carbonyl (C=O) groups excluding carboxylic acids is 4. The van der Waals surface area contributed by atoms with E-state index in [0.717, 1.165) is 13.8 Å². The van der Waals surface area contributed by atoms with Crippen molar-refractivity contribution in [3.63, 3.8) is 0 Å². The van der Waals surface area contributed by atoms with Crippen LogP contribution in [0, 0.1) is 0 Å². The molecule has 6 atom stereocenters. The number of ether oxygens (including phenoxy) is 5. The first-order valence-corrected chi connectivity index (χ1v) is 11.8. The molecule has 1 spiro atoms. The molecule has 0 aromatic carbocycles. The maximum Gasteiger partial charge on any atom is 0.337 e. The lowest BCUT2D eigenvalue weighted by atomic mass is 9.51. The summed E-state index contributed by atoms with van der Waals surface area (Å²) in [4.78, 5) is 50.4. The minimum absolute atomic E-state index is 0.00565. The molecule has 0 saturated heterocycles. The van der Waals surface area contributed by atoms with Crippen LogP contribution in [0.4, 0.5) is 0 Å². The summed E-state index contributed by atoms with van der Waals surface area (Å²) in [6.45, 7) is 11.8. The molecule has 1 aliphatic heterocycles. The second kappa shape index (κ2) is 9.28. The van der Waals surface area contributed by atoms with Crippen molar-refractivity contribution in [1.82, 2.24) is 0 Å². The number of carbonyl (C=O) groups is 4. The van der Waals surface area contributed by atoms with Crippen molar-refractivity contribution in [2.45, 2.75) is 95.4 Å². The quantitative estimate of drug-likeness (QED) is 0.287. The summed E-state index contributed by atoms with van der Waals surface area (Å²) in [5.74, 6) is -3.28. The summed E-state index contributed by atoms with van der Waals surface area (Å²) in [7, 11) is 0. The van der Waals surface area contributed by atoms with Gasteiger partial charge < -0.3 is 33.9 Å². The molecule has 200 valence electrons. The topological polar surface area (TPSA) is 155 Å². The summed E-state index contributed by atoms with van der Waals surface area (Å²) in [5, 5.41) is 23.7. The van der Waals surface area contributed by atoms with Crippen LogP contribution in [0.25, 0.3) is 0 Å². The van der Waals surface area contributed by atoms with E-state index in [2.05, 4.69) is 6.58 Å². The summed E-state index contributed by atoms with van der Waals surface area (Å²) < 4.78 is 28.2. The molecule has 2 saturated carbocycles. The zero-order valence-corrected chi connectivity index (χ0v) is 21.5. The molecule has 1 heterocycles. The van der Waals surface area contributed by atoms with E-state index in [0.29, 0.717) is 0 Å². The predicted octanol–water partition coefficient (Wildman–Crippen LogP) is 1.04. The van der Waals surface area contributed by atoms with Crippen LogP contribution in [0.2, 0.25) is 0 Å². The Morgan fingerprint density at radius 3 is 2.25 bits per heavy atom. The van der Waals surface area contributed by atoms with Gasteiger partial charge in [0.1, 0.15) is 17.3 Å². The zero-order chi connectivity index (χ0) is 27.3. The first-order chi connectivity index (χ1) is 16.6. The first kappa shape index (κ1) is 27.8. The first-order valence-electron chi connectivity index (χ1n) is 11.8. The van der Waals surface area contributed by atoms with Crippen LogP contribution >= 0.6 is 0 Å². The van der Waals surface area contributed by atoms with Gasteiger partial charge in [-0.15, -0.1) is 0 Å². The fraction of sp³-hybridized carbons (Fsp3) is 0.680. The summed E-state index contributed by atoms with van der Waals surface area (Å²) in [5.41, 5.74) is -8.02. The number of rotatable bonds is 7. The van der Waals surface area contributed by atoms with Gasteiger partial charge in [-0.2, -0.15) is 0 Å². The molecule has 0 amide bonds. The van der Waals surface area contributed by atoms with E-state index in [1.807, 2.05) is 0 Å². The molecule has 36 heavy (non-hydrogen) atoms. The number of esters is 4. The monoisotopic (exact) mass is 510 g/mol. The molecule has 11 nitrogen and oxygen atoms in total. The van der Waals surface area contributed by atoms with Crippen molar-refractivity contribution in [2.75, 3.05) is 13.2 Å². The average Bonchev–Trinajstić information content (AvgIpc) is 3.04. The molecule has 3 aliphatic rings. The molecule has 2 fully saturated rings. The lowest BCUT2D eigenvalue weighted by molar-refractivity contribution is -0.324. The van der Waals surface area contributed by atoms with E-state index in [4.69, 9.17) is 23.7 Å². The molecule has 2 aliphatic carbocycles. The van der Waals surface area contributed by atoms with Gasteiger partial charge in [0.25, 0.3) is 0 Å². The highest BCUT2D eigenvalue weighted by molar-refractivity contribution is 5.95. The fourth-order valence-electron chi connectivity index (χ4n) is 5.71. The van der Waals surface area contributed by atoms with Crippen LogP contribution in [-0.2, 0) is 42.9 Å². The standard InChI is InChI=1S/C25H34O11/c1-8-32-12-16-18-17(34-19(28)13(2)3)11-23(7,35-15(5)27)24(31)10-9-22(6,30)21(33-14(4)26)25(18,24)36-20(16)29/h17,21,30-31H,2,8-12H2,1,3-7H3/t17-,21-,22+,23+,24-,25-/m0/s1. The lowest BCUT2D eigenvalue weighted by Gasteiger charge is -2.63. The average molecular weight is 511 g/mol. The van der Waals surface area contributed by atoms with E-state index in [1.54, 1.807) is 6.92 Å². The molecule has 0 aromatic heterocycles. The van der Waals surface area contributed by atoms with E-state index < -0.39 is 58.5 Å². The van der Waals surface area contributed by atoms with Crippen LogP contribution in [0.1, 0.15) is 60.8 Å². The third kappa shape index (κ3) is 4.12. The van der Waals surface area contributed by atoms with Gasteiger partial charge in [0.15, 0.2) is 11.7 Å². The normalized spacial score (nSPS) is 37.4. The minimum atomic E-state index is -2.26. The van der Waals surface area contributed by atoms with E-state index in [1.165, 1.54) is 20.8 Å². The van der Waals surface area contributed by atoms with Crippen molar-refractivity contribution in [3.8, 4) is 0 Å². The minimum Gasteiger partial charge on any atom is -0.456 e. The Balaban J connectivity index is 2.40. The Labute approximate surface area is 209 Å². The highest BCUT2D eigenvalue weighted by Crippen LogP contribution is 2.63. The Morgan fingerprint density at radius 2 is 1.72 bits per heavy atom. The van der Waals surface area contributed by atoms with Gasteiger partial charge in [0, 0.05) is 38.0 Å². The van der Waals surface area contributed by atoms with Crippen LogP contribution in [0.5, 0.6) is 0 Å². The van der Waals surface area contributed by atoms with Gasteiger partial charge in [-0.25, -0.2) is 9.59 Å². The van der Waals surface area contributed by atoms with Crippen LogP contribution in [0.3, 0.4) is 0 Å². The zero-order valence-electron chi connectivity index (χ0n) is 21.5. The molecule has 0 aromatic rings. The van der Waals surface area contributed by atoms with Crippen LogP contribution in [-0.4, -0.2) is 81.9 Å². The number of hydrogen-bond acceptors (Lipinski definition) is 11. The molecule has 0 bridgehead atoms. The summed E-state index contributed by atoms with van der Waals surface area (Å²) in [6, 6.07) is 0. The highest BCUT2D eigenvalue weighted by atomic mass is 16.6. The third-order valence-corrected chi connectivity index (χ3v) is 7.24. The van der Waals surface area contributed by atoms with Gasteiger partial charge in [0.05, 0.1) is 12.2 Å². The second-order valence-electron chi connectivity index (χ2n) is 10.1. The van der Waals surface area contributed by atoms with Gasteiger partial charge in [0.2, 0.25) is 5.60 Å². The summed E-state index contributed by atoms with van der Waals surface area (Å²) in [6.07, 6.45) is -3.47. The molecule has 0 radical (unpaired) electrons. The van der Waals surface area contributed by atoms with Crippen molar-refractivity contribution in [1.29, 1.82) is 0 Å². The molecule has 11 heteroatoms. The lowest BCUT2D eigenvalue weighted by Crippen LogP contribution is -2.82. The van der Waals surface area contributed by atoms with Crippen molar-refractivity contribution in [3.05, 3.63) is 23.3 Å². The third-order valence-electron chi connectivity index (χ3n) is 7.24. The molecule has 3 rings (SSSR count). The van der Waals surface area contributed by atoms with E-state index >= 15 is 0 Å². The molecular formula is C25H34O11. The summed E-state index contributed by atoms with van der Waals surface area (Å²) >= 11 is 0. The van der Waals surface area contributed by atoms with Crippen molar-refractivity contribution in [2.24, 2.45) is 0 Å². The van der Waals surface area contributed by atoms with Gasteiger partial charge >= 0.3 is 23.9 Å². The van der Waals surface area contributed by atoms with Crippen molar-refractivity contribution < 1.29 is 53.1 Å². The Hall–Kier alpha value is -2.76.